The molecule has 6 heteroatoms. The molecule has 1 N–H and O–H groups in total. The fourth-order valence-corrected chi connectivity index (χ4v) is 3.48. The largest absolute Gasteiger partial charge is 0.491 e. The molecule has 114 valence electrons. The lowest BCUT2D eigenvalue weighted by Crippen LogP contribution is -2.22. The molecule has 1 rings (SSSR count). The first kappa shape index (κ1) is 17.1. The van der Waals surface area contributed by atoms with Crippen LogP contribution in [0.2, 0.25) is 0 Å². The lowest BCUT2D eigenvalue weighted by Gasteiger charge is -2.15. The van der Waals surface area contributed by atoms with Gasteiger partial charge in [-0.15, -0.1) is 11.6 Å². The number of nitrogens with one attached hydrogen (secondary N) is 1. The van der Waals surface area contributed by atoms with Crippen LogP contribution in [-0.2, 0) is 10.0 Å². The van der Waals surface area contributed by atoms with Gasteiger partial charge < -0.3 is 4.74 Å². The molecule has 1 atom stereocenters. The van der Waals surface area contributed by atoms with E-state index in [0.29, 0.717) is 11.6 Å². The van der Waals surface area contributed by atoms with Crippen molar-refractivity contribution in [1.82, 2.24) is 0 Å². The van der Waals surface area contributed by atoms with E-state index in [-0.39, 0.29) is 17.8 Å². The van der Waals surface area contributed by atoms with Gasteiger partial charge in [-0.2, -0.15) is 0 Å². The molecule has 4 nitrogen and oxygen atoms in total. The van der Waals surface area contributed by atoms with Crippen LogP contribution in [0.1, 0.15) is 26.3 Å². The van der Waals surface area contributed by atoms with E-state index in [4.69, 9.17) is 16.3 Å². The van der Waals surface area contributed by atoms with Crippen molar-refractivity contribution in [2.24, 2.45) is 5.92 Å². The lowest BCUT2D eigenvalue weighted by molar-refractivity contribution is 0.242. The second-order valence-corrected chi connectivity index (χ2v) is 7.36. The van der Waals surface area contributed by atoms with Gasteiger partial charge in [0.1, 0.15) is 5.75 Å². The molecule has 0 saturated heterocycles. The van der Waals surface area contributed by atoms with Crippen LogP contribution in [0, 0.1) is 12.8 Å². The van der Waals surface area contributed by atoms with Gasteiger partial charge in [-0.1, -0.05) is 6.92 Å². The predicted octanol–water partition coefficient (Wildman–Crippen LogP) is 3.40. The number of aryl methyl sites for hydroxylation is 1. The van der Waals surface area contributed by atoms with Crippen molar-refractivity contribution in [2.75, 3.05) is 16.4 Å². The van der Waals surface area contributed by atoms with Crippen molar-refractivity contribution in [2.45, 2.75) is 33.8 Å². The summed E-state index contributed by atoms with van der Waals surface area (Å²) < 4.78 is 32.1. The Balaban J connectivity index is 2.83. The van der Waals surface area contributed by atoms with Crippen LogP contribution in [0.15, 0.2) is 18.2 Å². The van der Waals surface area contributed by atoms with Crippen molar-refractivity contribution in [3.8, 4) is 5.75 Å². The molecule has 0 aliphatic carbocycles. The third kappa shape index (κ3) is 5.59. The summed E-state index contributed by atoms with van der Waals surface area (Å²) in [5.74, 6) is 0.980. The van der Waals surface area contributed by atoms with Crippen LogP contribution in [-0.4, -0.2) is 26.2 Å². The van der Waals surface area contributed by atoms with Gasteiger partial charge in [0, 0.05) is 5.88 Å². The lowest BCUT2D eigenvalue weighted by atomic mass is 10.2. The van der Waals surface area contributed by atoms with Crippen molar-refractivity contribution >= 4 is 27.3 Å². The Morgan fingerprint density at radius 3 is 2.45 bits per heavy atom. The van der Waals surface area contributed by atoms with E-state index < -0.39 is 10.0 Å². The highest BCUT2D eigenvalue weighted by atomic mass is 35.5. The summed E-state index contributed by atoms with van der Waals surface area (Å²) in [5, 5.41) is 0. The van der Waals surface area contributed by atoms with E-state index in [0.717, 1.165) is 11.3 Å². The molecule has 0 fully saturated rings. The van der Waals surface area contributed by atoms with Gasteiger partial charge in [0.15, 0.2) is 0 Å². The van der Waals surface area contributed by atoms with Crippen molar-refractivity contribution < 1.29 is 13.2 Å². The minimum atomic E-state index is -3.38. The fraction of sp³-hybridized carbons (Fsp3) is 0.571. The fourth-order valence-electron chi connectivity index (χ4n) is 1.72. The van der Waals surface area contributed by atoms with E-state index >= 15 is 0 Å². The smallest absolute Gasteiger partial charge is 0.233 e. The summed E-state index contributed by atoms with van der Waals surface area (Å²) in [5.41, 5.74) is 1.40. The number of alkyl halides is 1. The molecule has 0 aliphatic rings. The topological polar surface area (TPSA) is 55.4 Å². The van der Waals surface area contributed by atoms with Gasteiger partial charge in [0.05, 0.1) is 17.5 Å². The van der Waals surface area contributed by atoms with Crippen molar-refractivity contribution in [3.05, 3.63) is 23.8 Å². The quantitative estimate of drug-likeness (QED) is 0.784. The Hall–Kier alpha value is -0.940. The van der Waals surface area contributed by atoms with Gasteiger partial charge in [-0.3, -0.25) is 4.72 Å². The minimum Gasteiger partial charge on any atom is -0.491 e. The first-order valence-electron chi connectivity index (χ1n) is 6.57. The van der Waals surface area contributed by atoms with Crippen molar-refractivity contribution in [1.29, 1.82) is 0 Å². The standard InChI is InChI=1S/C14H22ClNO3S/c1-10(2)19-13-5-6-14(12(4)7-13)16-20(17,18)9-11(3)8-15/h5-7,10-11,16H,8-9H2,1-4H3. The monoisotopic (exact) mass is 319 g/mol. The average molecular weight is 320 g/mol. The molecular formula is C14H22ClNO3S. The third-order valence-corrected chi connectivity index (χ3v) is 4.67. The first-order valence-corrected chi connectivity index (χ1v) is 8.76. The highest BCUT2D eigenvalue weighted by molar-refractivity contribution is 7.92. The van der Waals surface area contributed by atoms with Gasteiger partial charge in [0.25, 0.3) is 0 Å². The maximum atomic E-state index is 12.0. The highest BCUT2D eigenvalue weighted by Gasteiger charge is 2.16. The summed E-state index contributed by atoms with van der Waals surface area (Å²) in [6.45, 7) is 7.54. The summed E-state index contributed by atoms with van der Waals surface area (Å²) in [4.78, 5) is 0. The van der Waals surface area contributed by atoms with E-state index in [2.05, 4.69) is 4.72 Å². The summed E-state index contributed by atoms with van der Waals surface area (Å²) >= 11 is 5.65. The Labute approximate surface area is 126 Å². The SMILES string of the molecule is Cc1cc(OC(C)C)ccc1NS(=O)(=O)CC(C)CCl. The summed E-state index contributed by atoms with van der Waals surface area (Å²) in [6.07, 6.45) is 0.0847. The van der Waals surface area contributed by atoms with Gasteiger partial charge >= 0.3 is 0 Å². The Morgan fingerprint density at radius 2 is 1.95 bits per heavy atom. The molecule has 0 amide bonds. The number of rotatable bonds is 7. The van der Waals surface area contributed by atoms with Crippen LogP contribution in [0.5, 0.6) is 5.75 Å². The second kappa shape index (κ2) is 7.18. The van der Waals surface area contributed by atoms with Gasteiger partial charge in [0.2, 0.25) is 10.0 Å². The van der Waals surface area contributed by atoms with Crippen LogP contribution in [0.4, 0.5) is 5.69 Å². The average Bonchev–Trinajstić information content (AvgIpc) is 2.31. The van der Waals surface area contributed by atoms with Crippen LogP contribution >= 0.6 is 11.6 Å². The zero-order chi connectivity index (χ0) is 15.3. The van der Waals surface area contributed by atoms with Gasteiger partial charge in [-0.25, -0.2) is 8.42 Å². The minimum absolute atomic E-state index is 0.0141. The van der Waals surface area contributed by atoms with E-state index in [9.17, 15) is 8.42 Å². The number of hydrogen-bond acceptors (Lipinski definition) is 3. The number of hydrogen-bond donors (Lipinski definition) is 1. The molecule has 1 unspecified atom stereocenters. The van der Waals surface area contributed by atoms with Crippen molar-refractivity contribution in [3.63, 3.8) is 0 Å². The van der Waals surface area contributed by atoms with Gasteiger partial charge in [-0.05, 0) is 50.5 Å². The Bertz CT molecular complexity index is 543. The molecule has 0 spiro atoms. The molecule has 1 aromatic carbocycles. The number of ether oxygens (including phenoxy) is 1. The van der Waals surface area contributed by atoms with E-state index in [1.165, 1.54) is 0 Å². The molecule has 0 saturated carbocycles. The first-order chi connectivity index (χ1) is 9.23. The summed E-state index contributed by atoms with van der Waals surface area (Å²) in [7, 11) is -3.38. The predicted molar refractivity (Wildman–Crippen MR) is 84.2 cm³/mol. The molecule has 0 bridgehead atoms. The highest BCUT2D eigenvalue weighted by Crippen LogP contribution is 2.23. The van der Waals surface area contributed by atoms with Crippen LogP contribution in [0.25, 0.3) is 0 Å². The number of benzene rings is 1. The molecule has 0 aromatic heterocycles. The summed E-state index contributed by atoms with van der Waals surface area (Å²) in [6, 6.07) is 5.30. The third-order valence-electron chi connectivity index (χ3n) is 2.60. The number of halogens is 1. The molecular weight excluding hydrogens is 298 g/mol. The maximum absolute atomic E-state index is 12.0. The Morgan fingerprint density at radius 1 is 1.30 bits per heavy atom. The molecule has 0 aliphatic heterocycles. The number of sulfonamides is 1. The number of anilines is 1. The van der Waals surface area contributed by atoms with E-state index in [1.807, 2.05) is 26.8 Å². The molecule has 0 radical (unpaired) electrons. The second-order valence-electron chi connectivity index (χ2n) is 5.29. The van der Waals surface area contributed by atoms with Crippen LogP contribution < -0.4 is 9.46 Å². The normalized spacial score (nSPS) is 13.3. The molecule has 1 aromatic rings. The zero-order valence-electron chi connectivity index (χ0n) is 12.3. The zero-order valence-corrected chi connectivity index (χ0v) is 13.9. The molecule has 0 heterocycles. The maximum Gasteiger partial charge on any atom is 0.233 e. The van der Waals surface area contributed by atoms with E-state index in [1.54, 1.807) is 19.1 Å². The Kier molecular flexibility index (Phi) is 6.14. The van der Waals surface area contributed by atoms with Crippen LogP contribution in [0.3, 0.4) is 0 Å². The molecule has 20 heavy (non-hydrogen) atoms.